The van der Waals surface area contributed by atoms with Crippen molar-refractivity contribution in [2.45, 2.75) is 70.7 Å². The van der Waals surface area contributed by atoms with Crippen LogP contribution in [0.25, 0.3) is 0 Å². The molecule has 1 fully saturated rings. The third-order valence-corrected chi connectivity index (χ3v) is 5.54. The Balaban J connectivity index is 2.09. The van der Waals surface area contributed by atoms with Crippen LogP contribution in [0.5, 0.6) is 0 Å². The van der Waals surface area contributed by atoms with E-state index in [0.717, 1.165) is 22.7 Å². The highest BCUT2D eigenvalue weighted by Gasteiger charge is 2.71. The van der Waals surface area contributed by atoms with Gasteiger partial charge in [-0.1, -0.05) is 6.92 Å². The lowest BCUT2D eigenvalue weighted by molar-refractivity contribution is -0.161. The zero-order chi connectivity index (χ0) is 17.9. The molecular weight excluding hydrogens is 306 g/mol. The second-order valence-electron chi connectivity index (χ2n) is 7.26. The molecule has 1 aromatic heterocycles. The maximum absolute atomic E-state index is 11.6. The van der Waals surface area contributed by atoms with Gasteiger partial charge >= 0.3 is 5.97 Å². The summed E-state index contributed by atoms with van der Waals surface area (Å²) in [5, 5.41) is 9.80. The van der Waals surface area contributed by atoms with E-state index in [1.807, 2.05) is 46.8 Å². The molecule has 3 rings (SSSR count). The van der Waals surface area contributed by atoms with Crippen molar-refractivity contribution in [3.8, 4) is 6.07 Å². The van der Waals surface area contributed by atoms with E-state index in [0.29, 0.717) is 6.42 Å². The summed E-state index contributed by atoms with van der Waals surface area (Å²) >= 11 is 0. The largest absolute Gasteiger partial charge is 0.466 e. The molecule has 1 saturated heterocycles. The minimum Gasteiger partial charge on any atom is -0.466 e. The Morgan fingerprint density at radius 2 is 2.08 bits per heavy atom. The molecule has 4 atom stereocenters. The number of hydrogen-bond acceptors (Lipinski definition) is 5. The third kappa shape index (κ3) is 1.99. The zero-order valence-corrected chi connectivity index (χ0v) is 15.0. The molecule has 0 aliphatic carbocycles. The molecule has 128 valence electrons. The number of nitrogens with zero attached hydrogens (tertiary/aromatic N) is 1. The Kier molecular flexibility index (Phi) is 3.47. The molecule has 5 nitrogen and oxygen atoms in total. The smallest absolute Gasteiger partial charge is 0.304 e. The first-order valence-electron chi connectivity index (χ1n) is 8.17. The molecule has 0 spiro atoms. The molecule has 3 heterocycles. The van der Waals surface area contributed by atoms with E-state index >= 15 is 0 Å². The number of fused-ring (bicyclic) bond motifs is 2. The second-order valence-corrected chi connectivity index (χ2v) is 7.26. The molecule has 2 aliphatic heterocycles. The van der Waals surface area contributed by atoms with Crippen molar-refractivity contribution in [3.63, 3.8) is 0 Å². The summed E-state index contributed by atoms with van der Waals surface area (Å²) < 4.78 is 17.8. The Morgan fingerprint density at radius 3 is 2.58 bits per heavy atom. The van der Waals surface area contributed by atoms with Crippen LogP contribution in [0.3, 0.4) is 0 Å². The van der Waals surface area contributed by atoms with Crippen molar-refractivity contribution in [2.24, 2.45) is 0 Å². The average molecular weight is 329 g/mol. The van der Waals surface area contributed by atoms with E-state index < -0.39 is 22.8 Å². The van der Waals surface area contributed by atoms with Gasteiger partial charge in [-0.2, -0.15) is 5.26 Å². The van der Waals surface area contributed by atoms with Crippen molar-refractivity contribution in [1.82, 2.24) is 0 Å². The van der Waals surface area contributed by atoms with Crippen LogP contribution in [-0.4, -0.2) is 22.8 Å². The number of esters is 1. The van der Waals surface area contributed by atoms with E-state index in [-0.39, 0.29) is 5.92 Å². The van der Waals surface area contributed by atoms with Crippen LogP contribution in [0.1, 0.15) is 57.1 Å². The fourth-order valence-corrected chi connectivity index (χ4v) is 4.38. The van der Waals surface area contributed by atoms with Gasteiger partial charge in [-0.05, 0) is 51.0 Å². The number of carbonyl (C=O) groups is 1. The van der Waals surface area contributed by atoms with Crippen LogP contribution in [0.15, 0.2) is 22.1 Å². The standard InChI is InChI=1S/C19H23NO4/c1-11-7-13(3)22-16(11)14(4)19-9-18(10-20,23-15(5)21)17(6,24-19)8-12(19)2/h7-8,14H,9H2,1-6H3/t14-,17-,18+,19-/m1/s1. The van der Waals surface area contributed by atoms with Crippen LogP contribution < -0.4 is 0 Å². The minimum absolute atomic E-state index is 0.102. The maximum atomic E-state index is 11.6. The molecule has 0 unspecified atom stereocenters. The van der Waals surface area contributed by atoms with Crippen LogP contribution in [0, 0.1) is 25.2 Å². The van der Waals surface area contributed by atoms with Gasteiger partial charge in [0.05, 0.1) is 0 Å². The highest BCUT2D eigenvalue weighted by atomic mass is 16.6. The van der Waals surface area contributed by atoms with E-state index in [1.54, 1.807) is 0 Å². The number of nitriles is 1. The van der Waals surface area contributed by atoms with Crippen molar-refractivity contribution in [3.05, 3.63) is 34.8 Å². The highest BCUT2D eigenvalue weighted by molar-refractivity contribution is 5.68. The molecule has 24 heavy (non-hydrogen) atoms. The van der Waals surface area contributed by atoms with Gasteiger partial charge in [0, 0.05) is 19.3 Å². The number of carbonyl (C=O) groups excluding carboxylic acids is 1. The first-order chi connectivity index (χ1) is 11.1. The van der Waals surface area contributed by atoms with E-state index in [4.69, 9.17) is 13.9 Å². The molecule has 0 radical (unpaired) electrons. The van der Waals surface area contributed by atoms with Gasteiger partial charge in [-0.25, -0.2) is 0 Å². The van der Waals surface area contributed by atoms with Crippen LogP contribution in [-0.2, 0) is 14.3 Å². The van der Waals surface area contributed by atoms with Crippen molar-refractivity contribution in [1.29, 1.82) is 5.26 Å². The molecule has 2 aliphatic rings. The topological polar surface area (TPSA) is 72.5 Å². The fourth-order valence-electron chi connectivity index (χ4n) is 4.38. The lowest BCUT2D eigenvalue weighted by Gasteiger charge is -2.36. The second kappa shape index (κ2) is 4.97. The Hall–Kier alpha value is -2.06. The summed E-state index contributed by atoms with van der Waals surface area (Å²) in [6.07, 6.45) is 2.22. The summed E-state index contributed by atoms with van der Waals surface area (Å²) in [6.45, 7) is 11.1. The van der Waals surface area contributed by atoms with Gasteiger partial charge < -0.3 is 13.9 Å². The van der Waals surface area contributed by atoms with Gasteiger partial charge in [-0.3, -0.25) is 4.79 Å². The number of rotatable bonds is 3. The lowest BCUT2D eigenvalue weighted by atomic mass is 9.68. The quantitative estimate of drug-likeness (QED) is 0.624. The van der Waals surface area contributed by atoms with Crippen molar-refractivity contribution in [2.75, 3.05) is 0 Å². The van der Waals surface area contributed by atoms with Crippen LogP contribution in [0.2, 0.25) is 0 Å². The van der Waals surface area contributed by atoms with E-state index in [2.05, 4.69) is 6.07 Å². The van der Waals surface area contributed by atoms with E-state index in [1.165, 1.54) is 6.92 Å². The molecule has 0 saturated carbocycles. The van der Waals surface area contributed by atoms with Crippen molar-refractivity contribution < 1.29 is 18.7 Å². The first kappa shape index (κ1) is 16.8. The summed E-state index contributed by atoms with van der Waals surface area (Å²) in [5.74, 6) is 1.11. The van der Waals surface area contributed by atoms with Crippen LogP contribution >= 0.6 is 0 Å². The van der Waals surface area contributed by atoms with Crippen LogP contribution in [0.4, 0.5) is 0 Å². The monoisotopic (exact) mass is 329 g/mol. The number of ether oxygens (including phenoxy) is 2. The first-order valence-corrected chi connectivity index (χ1v) is 8.17. The van der Waals surface area contributed by atoms with Gasteiger partial charge in [0.2, 0.25) is 5.60 Å². The molecule has 0 amide bonds. The minimum atomic E-state index is -1.32. The lowest BCUT2D eigenvalue weighted by Crippen LogP contribution is -2.50. The summed E-state index contributed by atoms with van der Waals surface area (Å²) in [4.78, 5) is 11.6. The maximum Gasteiger partial charge on any atom is 0.304 e. The van der Waals surface area contributed by atoms with Gasteiger partial charge in [0.1, 0.15) is 28.8 Å². The number of aryl methyl sites for hydroxylation is 2. The molecule has 2 bridgehead atoms. The Bertz CT molecular complexity index is 786. The zero-order valence-electron chi connectivity index (χ0n) is 15.0. The predicted molar refractivity (Wildman–Crippen MR) is 87.3 cm³/mol. The molecule has 5 heteroatoms. The number of furan rings is 1. The Labute approximate surface area is 142 Å². The predicted octanol–water partition coefficient (Wildman–Crippen LogP) is 3.70. The third-order valence-electron chi connectivity index (χ3n) is 5.54. The summed E-state index contributed by atoms with van der Waals surface area (Å²) in [5.41, 5.74) is -0.886. The molecule has 1 aromatic rings. The SMILES string of the molecule is CC(=O)O[C@]1(C#N)C[C@@]2([C@H](C)c3oc(C)cc3C)O[C@]1(C)C=C2C. The highest BCUT2D eigenvalue weighted by Crippen LogP contribution is 2.61. The molecular formula is C19H23NO4. The Morgan fingerprint density at radius 1 is 1.42 bits per heavy atom. The van der Waals surface area contributed by atoms with Gasteiger partial charge in [0.25, 0.3) is 0 Å². The van der Waals surface area contributed by atoms with Gasteiger partial charge in [0.15, 0.2) is 0 Å². The normalized spacial score (nSPS) is 35.5. The number of hydrogen-bond donors (Lipinski definition) is 0. The van der Waals surface area contributed by atoms with Crippen molar-refractivity contribution >= 4 is 5.97 Å². The summed E-state index contributed by atoms with van der Waals surface area (Å²) in [7, 11) is 0. The average Bonchev–Trinajstić information content (AvgIpc) is 3.03. The molecule has 0 N–H and O–H groups in total. The van der Waals surface area contributed by atoms with Gasteiger partial charge in [-0.15, -0.1) is 0 Å². The molecule has 0 aromatic carbocycles. The fraction of sp³-hybridized carbons (Fsp3) is 0.579. The van der Waals surface area contributed by atoms with E-state index in [9.17, 15) is 10.1 Å². The summed E-state index contributed by atoms with van der Waals surface area (Å²) in [6, 6.07) is 4.20.